The number of nitrogens with zero attached hydrogens (tertiary/aromatic N) is 1. The Balaban J connectivity index is 2.34. The highest BCUT2D eigenvalue weighted by Gasteiger charge is 2.30. The molecule has 1 atom stereocenters. The van der Waals surface area contributed by atoms with E-state index in [1.54, 1.807) is 16.4 Å². The van der Waals surface area contributed by atoms with Crippen molar-refractivity contribution in [1.29, 1.82) is 0 Å². The van der Waals surface area contributed by atoms with E-state index in [1.807, 2.05) is 25.1 Å². The summed E-state index contributed by atoms with van der Waals surface area (Å²) in [6.07, 6.45) is 12.7. The molecule has 0 N–H and O–H groups in total. The van der Waals surface area contributed by atoms with Crippen molar-refractivity contribution in [2.75, 3.05) is 6.54 Å². The number of hydrogen-bond acceptors (Lipinski definition) is 2. The molecule has 0 saturated heterocycles. The fourth-order valence-corrected chi connectivity index (χ4v) is 4.13. The Bertz CT molecular complexity index is 638. The van der Waals surface area contributed by atoms with E-state index in [9.17, 15) is 8.42 Å². The third-order valence-electron chi connectivity index (χ3n) is 3.70. The second kappa shape index (κ2) is 6.93. The third kappa shape index (κ3) is 3.75. The standard InChI is InChI=1S/C17H21NO2S/c1-3-4-14-18(16-8-6-5-7-9-16)21(19,20)17-12-10-15(2)11-13-17/h1,6,8,10-13,16H,4-5,7,9,14H2,2H3. The van der Waals surface area contributed by atoms with Crippen molar-refractivity contribution in [3.63, 3.8) is 0 Å². The summed E-state index contributed by atoms with van der Waals surface area (Å²) in [7, 11) is -3.50. The van der Waals surface area contributed by atoms with Crippen LogP contribution in [0.4, 0.5) is 0 Å². The molecule has 0 heterocycles. The first-order valence-electron chi connectivity index (χ1n) is 7.24. The molecular weight excluding hydrogens is 282 g/mol. The van der Waals surface area contributed by atoms with Crippen molar-refractivity contribution in [2.24, 2.45) is 0 Å². The fourth-order valence-electron chi connectivity index (χ4n) is 2.52. The molecular formula is C17H21NO2S. The average molecular weight is 303 g/mol. The lowest BCUT2D eigenvalue weighted by atomic mass is 10.0. The number of benzene rings is 1. The lowest BCUT2D eigenvalue weighted by Gasteiger charge is -2.30. The van der Waals surface area contributed by atoms with Gasteiger partial charge in [0.25, 0.3) is 0 Å². The molecule has 112 valence electrons. The van der Waals surface area contributed by atoms with Gasteiger partial charge in [-0.15, -0.1) is 12.3 Å². The van der Waals surface area contributed by atoms with Crippen molar-refractivity contribution < 1.29 is 8.42 Å². The van der Waals surface area contributed by atoms with Gasteiger partial charge in [-0.25, -0.2) is 8.42 Å². The maximum absolute atomic E-state index is 12.9. The number of rotatable bonds is 5. The highest BCUT2D eigenvalue weighted by molar-refractivity contribution is 7.89. The van der Waals surface area contributed by atoms with Gasteiger partial charge >= 0.3 is 0 Å². The predicted octanol–water partition coefficient (Wildman–Crippen LogP) is 3.12. The molecule has 0 radical (unpaired) electrons. The van der Waals surface area contributed by atoms with E-state index in [4.69, 9.17) is 6.42 Å². The topological polar surface area (TPSA) is 37.4 Å². The summed E-state index contributed by atoms with van der Waals surface area (Å²) in [6.45, 7) is 2.30. The van der Waals surface area contributed by atoms with E-state index in [2.05, 4.69) is 12.0 Å². The van der Waals surface area contributed by atoms with E-state index in [0.29, 0.717) is 17.9 Å². The van der Waals surface area contributed by atoms with Gasteiger partial charge in [0.1, 0.15) is 0 Å². The summed E-state index contributed by atoms with van der Waals surface area (Å²) in [6, 6.07) is 6.89. The zero-order chi connectivity index (χ0) is 15.3. The van der Waals surface area contributed by atoms with E-state index in [-0.39, 0.29) is 6.04 Å². The molecule has 0 spiro atoms. The molecule has 0 fully saturated rings. The van der Waals surface area contributed by atoms with Crippen LogP contribution in [0.5, 0.6) is 0 Å². The van der Waals surface area contributed by atoms with Gasteiger partial charge in [-0.2, -0.15) is 4.31 Å². The maximum Gasteiger partial charge on any atom is 0.243 e. The second-order valence-corrected chi connectivity index (χ2v) is 7.20. The Hall–Kier alpha value is -1.57. The van der Waals surface area contributed by atoms with Crippen molar-refractivity contribution in [1.82, 2.24) is 4.31 Å². The smallest absolute Gasteiger partial charge is 0.207 e. The summed E-state index contributed by atoms with van der Waals surface area (Å²) in [5, 5.41) is 0. The zero-order valence-corrected chi connectivity index (χ0v) is 13.1. The Labute approximate surface area is 127 Å². The summed E-state index contributed by atoms with van der Waals surface area (Å²) in [5.41, 5.74) is 1.04. The number of terminal acetylenes is 1. The van der Waals surface area contributed by atoms with Crippen LogP contribution in [-0.2, 0) is 10.0 Å². The van der Waals surface area contributed by atoms with Crippen LogP contribution in [0.1, 0.15) is 31.2 Å². The van der Waals surface area contributed by atoms with Crippen LogP contribution in [0, 0.1) is 19.3 Å². The van der Waals surface area contributed by atoms with Crippen LogP contribution in [0.3, 0.4) is 0 Å². The lowest BCUT2D eigenvalue weighted by Crippen LogP contribution is -2.40. The first-order chi connectivity index (χ1) is 10.1. The third-order valence-corrected chi connectivity index (χ3v) is 5.64. The molecule has 0 aromatic heterocycles. The number of sulfonamides is 1. The summed E-state index contributed by atoms with van der Waals surface area (Å²) >= 11 is 0. The first kappa shape index (κ1) is 15.8. The molecule has 2 rings (SSSR count). The first-order valence-corrected chi connectivity index (χ1v) is 8.68. The maximum atomic E-state index is 12.9. The minimum absolute atomic E-state index is 0.0848. The fraction of sp³-hybridized carbons (Fsp3) is 0.412. The van der Waals surface area contributed by atoms with E-state index < -0.39 is 10.0 Å². The summed E-state index contributed by atoms with van der Waals surface area (Å²) < 4.78 is 27.3. The van der Waals surface area contributed by atoms with Crippen molar-refractivity contribution in [3.05, 3.63) is 42.0 Å². The van der Waals surface area contributed by atoms with Crippen LogP contribution in [0.2, 0.25) is 0 Å². The molecule has 3 nitrogen and oxygen atoms in total. The Morgan fingerprint density at radius 3 is 2.62 bits per heavy atom. The number of allylic oxidation sites excluding steroid dienone is 1. The average Bonchev–Trinajstić information content (AvgIpc) is 2.49. The summed E-state index contributed by atoms with van der Waals surface area (Å²) in [4.78, 5) is 0.337. The zero-order valence-electron chi connectivity index (χ0n) is 12.3. The van der Waals surface area contributed by atoms with Crippen molar-refractivity contribution in [2.45, 2.75) is 43.5 Å². The summed E-state index contributed by atoms with van der Waals surface area (Å²) in [5.74, 6) is 2.54. The molecule has 0 saturated carbocycles. The van der Waals surface area contributed by atoms with Gasteiger partial charge in [0.05, 0.1) is 4.90 Å². The monoisotopic (exact) mass is 303 g/mol. The second-order valence-electron chi connectivity index (χ2n) is 5.31. The molecule has 1 unspecified atom stereocenters. The van der Waals surface area contributed by atoms with Gasteiger partial charge in [-0.05, 0) is 38.3 Å². The SMILES string of the molecule is C#CCCN(C1C=CCCC1)S(=O)(=O)c1ccc(C)cc1. The Morgan fingerprint density at radius 1 is 1.33 bits per heavy atom. The van der Waals surface area contributed by atoms with E-state index in [1.165, 1.54) is 0 Å². The van der Waals surface area contributed by atoms with E-state index in [0.717, 1.165) is 24.8 Å². The quantitative estimate of drug-likeness (QED) is 0.619. The van der Waals surface area contributed by atoms with Gasteiger partial charge in [0.2, 0.25) is 10.0 Å². The normalized spacial score (nSPS) is 18.6. The molecule has 0 amide bonds. The Kier molecular flexibility index (Phi) is 5.22. The van der Waals surface area contributed by atoms with Gasteiger partial charge in [0, 0.05) is 19.0 Å². The van der Waals surface area contributed by atoms with Gasteiger partial charge in [-0.1, -0.05) is 29.8 Å². The van der Waals surface area contributed by atoms with Crippen LogP contribution in [-0.4, -0.2) is 25.3 Å². The number of hydrogen-bond donors (Lipinski definition) is 0. The van der Waals surface area contributed by atoms with E-state index >= 15 is 0 Å². The van der Waals surface area contributed by atoms with Gasteiger partial charge in [0.15, 0.2) is 0 Å². The highest BCUT2D eigenvalue weighted by atomic mass is 32.2. The molecule has 21 heavy (non-hydrogen) atoms. The molecule has 1 aliphatic carbocycles. The van der Waals surface area contributed by atoms with Crippen LogP contribution >= 0.6 is 0 Å². The Morgan fingerprint density at radius 2 is 2.05 bits per heavy atom. The van der Waals surface area contributed by atoms with Crippen molar-refractivity contribution in [3.8, 4) is 12.3 Å². The largest absolute Gasteiger partial charge is 0.243 e. The minimum Gasteiger partial charge on any atom is -0.207 e. The molecule has 0 bridgehead atoms. The predicted molar refractivity (Wildman–Crippen MR) is 85.3 cm³/mol. The number of aryl methyl sites for hydroxylation is 1. The molecule has 1 aromatic rings. The van der Waals surface area contributed by atoms with Gasteiger partial charge < -0.3 is 0 Å². The minimum atomic E-state index is -3.50. The molecule has 4 heteroatoms. The highest BCUT2D eigenvalue weighted by Crippen LogP contribution is 2.24. The van der Waals surface area contributed by atoms with Crippen LogP contribution in [0.15, 0.2) is 41.3 Å². The van der Waals surface area contributed by atoms with Crippen LogP contribution < -0.4 is 0 Å². The van der Waals surface area contributed by atoms with Gasteiger partial charge in [-0.3, -0.25) is 0 Å². The molecule has 1 aromatic carbocycles. The molecule has 0 aliphatic heterocycles. The lowest BCUT2D eigenvalue weighted by molar-refractivity contribution is 0.342. The molecule has 1 aliphatic rings. The van der Waals surface area contributed by atoms with Crippen LogP contribution in [0.25, 0.3) is 0 Å². The van der Waals surface area contributed by atoms with Crippen molar-refractivity contribution >= 4 is 10.0 Å².